The molecule has 4 aromatic rings. The molecule has 21 nitrogen and oxygen atoms in total. The molecule has 10 N–H and O–H groups in total. The van der Waals surface area contributed by atoms with Crippen molar-refractivity contribution in [2.75, 3.05) is 37.1 Å². The third kappa shape index (κ3) is 17.3. The van der Waals surface area contributed by atoms with Gasteiger partial charge in [0.1, 0.15) is 42.0 Å². The van der Waals surface area contributed by atoms with Crippen molar-refractivity contribution in [2.45, 2.75) is 88.1 Å². The molecule has 3 aromatic carbocycles. The van der Waals surface area contributed by atoms with Crippen molar-refractivity contribution in [3.63, 3.8) is 0 Å². The van der Waals surface area contributed by atoms with Crippen LogP contribution in [0.5, 0.6) is 5.75 Å². The first-order valence-electron chi connectivity index (χ1n) is 23.0. The summed E-state index contributed by atoms with van der Waals surface area (Å²) in [6.07, 6.45) is 6.51. The van der Waals surface area contributed by atoms with Crippen molar-refractivity contribution in [3.05, 3.63) is 102 Å². The maximum absolute atomic E-state index is 14.4. The van der Waals surface area contributed by atoms with Crippen LogP contribution >= 0.6 is 23.5 Å². The van der Waals surface area contributed by atoms with Crippen molar-refractivity contribution in [2.24, 2.45) is 5.73 Å². The molecule has 0 radical (unpaired) electrons. The Morgan fingerprint density at radius 1 is 0.736 bits per heavy atom. The normalized spacial score (nSPS) is 15.5. The van der Waals surface area contributed by atoms with Crippen LogP contribution in [0.3, 0.4) is 0 Å². The monoisotopic (exact) mass is 1050 g/mol. The SMILES string of the molecule is CSCC[C@H](NC(=O)[C@H](Cc1ccc(OS(=O)(=O)O)cc1)NC(C)=O)C(=O)NCC(=O)N[C@@H](Cc1c[nH]c2ccccc12)C(=O)N[C@@H](CCSC)C(=O)N1CCC[C@H]1C(=O)N[C@@H](Cc1ccccc1)C(N)=O. The average Bonchev–Trinajstić information content (AvgIpc) is 4.01. The fourth-order valence-electron chi connectivity index (χ4n) is 8.14. The lowest BCUT2D eigenvalue weighted by Crippen LogP contribution is -2.59. The predicted octanol–water partition coefficient (Wildman–Crippen LogP) is 0.920. The van der Waals surface area contributed by atoms with Gasteiger partial charge in [0.2, 0.25) is 47.3 Å². The highest BCUT2D eigenvalue weighted by atomic mass is 32.3. The van der Waals surface area contributed by atoms with E-state index < -0.39 is 100 Å². The molecule has 2 heterocycles. The number of likely N-dealkylation sites (tertiary alicyclic amines) is 1. The van der Waals surface area contributed by atoms with Gasteiger partial charge in [-0.15, -0.1) is 0 Å². The predicted molar refractivity (Wildman–Crippen MR) is 273 cm³/mol. The van der Waals surface area contributed by atoms with Gasteiger partial charge in [-0.25, -0.2) is 0 Å². The fourth-order valence-corrected chi connectivity index (χ4v) is 9.44. The Kier molecular flexibility index (Phi) is 21.3. The summed E-state index contributed by atoms with van der Waals surface area (Å²) >= 11 is 2.84. The van der Waals surface area contributed by atoms with Gasteiger partial charge in [-0.3, -0.25) is 42.9 Å². The van der Waals surface area contributed by atoms with E-state index in [4.69, 9.17) is 10.3 Å². The zero-order valence-corrected chi connectivity index (χ0v) is 42.5. The molecule has 0 bridgehead atoms. The number of nitrogens with zero attached hydrogens (tertiary/aromatic N) is 1. The topological polar surface area (TPSA) is 317 Å². The molecule has 0 saturated carbocycles. The number of benzene rings is 3. The van der Waals surface area contributed by atoms with E-state index in [0.717, 1.165) is 16.5 Å². The molecular weight excluding hydrogens is 991 g/mol. The van der Waals surface area contributed by atoms with Crippen molar-refractivity contribution in [1.82, 2.24) is 41.8 Å². The van der Waals surface area contributed by atoms with E-state index in [9.17, 15) is 46.8 Å². The van der Waals surface area contributed by atoms with Crippen LogP contribution < -0.4 is 41.8 Å². The Labute approximate surface area is 426 Å². The number of hydrogen-bond donors (Lipinski definition) is 9. The summed E-state index contributed by atoms with van der Waals surface area (Å²) in [4.78, 5) is 113. The van der Waals surface area contributed by atoms with Crippen molar-refractivity contribution < 1.29 is 55.5 Å². The fraction of sp³-hybridized carbons (Fsp3) is 0.417. The molecule has 0 spiro atoms. The van der Waals surface area contributed by atoms with Crippen LogP contribution in [-0.2, 0) is 68.0 Å². The standard InChI is InChI=1S/C48H61N9O12S3/c1-29(58)52-39(25-31-15-17-33(18-16-31)69-72(66,67)68)45(62)54-36(19-22-70-2)44(61)51-28-42(59)53-40(26-32-27-50-35-13-8-7-12-34(32)35)46(63)55-37(20-23-71-3)48(65)57-21-9-14-41(57)47(64)56-38(43(49)60)24-30-10-5-4-6-11-30/h4-8,10-13,15-18,27,36-41,50H,9,14,19-26,28H2,1-3H3,(H2,49,60)(H,51,61)(H,52,58)(H,53,59)(H,54,62)(H,55,63)(H,56,64)(H,66,67,68)/t36-,37-,38-,39-,40-,41-/m0/s1. The Hall–Kier alpha value is -6.63. The number of nitrogens with one attached hydrogen (secondary N) is 7. The lowest BCUT2D eigenvalue weighted by atomic mass is 10.0. The maximum atomic E-state index is 14.4. The summed E-state index contributed by atoms with van der Waals surface area (Å²) in [6.45, 7) is 0.802. The lowest BCUT2D eigenvalue weighted by molar-refractivity contribution is -0.142. The van der Waals surface area contributed by atoms with E-state index in [1.165, 1.54) is 59.6 Å². The summed E-state index contributed by atoms with van der Waals surface area (Å²) < 4.78 is 35.6. The Bertz CT molecular complexity index is 2660. The molecule has 72 heavy (non-hydrogen) atoms. The van der Waals surface area contributed by atoms with Crippen LogP contribution in [0.15, 0.2) is 85.1 Å². The molecule has 0 unspecified atom stereocenters. The largest absolute Gasteiger partial charge is 0.446 e. The molecule has 1 aliphatic heterocycles. The number of nitrogens with two attached hydrogens (primary N) is 1. The number of amides is 8. The molecule has 0 aliphatic carbocycles. The van der Waals surface area contributed by atoms with Gasteiger partial charge in [0.15, 0.2) is 0 Å². The molecule has 5 rings (SSSR count). The summed E-state index contributed by atoms with van der Waals surface area (Å²) in [7, 11) is -4.78. The second-order valence-corrected chi connectivity index (χ2v) is 20.0. The van der Waals surface area contributed by atoms with Crippen LogP contribution in [0.2, 0.25) is 0 Å². The zero-order valence-electron chi connectivity index (χ0n) is 40.0. The van der Waals surface area contributed by atoms with E-state index in [0.29, 0.717) is 35.5 Å². The number of rotatable bonds is 27. The van der Waals surface area contributed by atoms with E-state index in [-0.39, 0.29) is 44.4 Å². The number of H-pyrrole nitrogens is 1. The summed E-state index contributed by atoms with van der Waals surface area (Å²) in [6, 6.07) is 15.0. The van der Waals surface area contributed by atoms with Gasteiger partial charge in [-0.05, 0) is 84.6 Å². The molecule has 8 amide bonds. The zero-order chi connectivity index (χ0) is 52.4. The minimum absolute atomic E-state index is 0.0309. The molecule has 388 valence electrons. The van der Waals surface area contributed by atoms with Crippen LogP contribution in [0.25, 0.3) is 10.9 Å². The number of para-hydroxylation sites is 1. The number of aromatic nitrogens is 1. The number of primary amides is 1. The second-order valence-electron chi connectivity index (χ2n) is 17.0. The first kappa shape index (κ1) is 56.3. The Balaban J connectivity index is 1.29. The Morgan fingerprint density at radius 3 is 1.97 bits per heavy atom. The first-order valence-corrected chi connectivity index (χ1v) is 27.2. The minimum atomic E-state index is -4.78. The number of aromatic amines is 1. The molecule has 1 aliphatic rings. The number of thioether (sulfide) groups is 2. The van der Waals surface area contributed by atoms with E-state index in [2.05, 4.69) is 41.1 Å². The first-order chi connectivity index (χ1) is 34.3. The number of carbonyl (C=O) groups is 8. The van der Waals surface area contributed by atoms with Gasteiger partial charge in [-0.2, -0.15) is 31.9 Å². The van der Waals surface area contributed by atoms with Crippen LogP contribution in [-0.4, -0.2) is 143 Å². The third-order valence-electron chi connectivity index (χ3n) is 11.7. The smallest absolute Gasteiger partial charge is 0.368 e. The van der Waals surface area contributed by atoms with Crippen LogP contribution in [0.4, 0.5) is 0 Å². The quantitative estimate of drug-likeness (QED) is 0.0376. The molecule has 1 aromatic heterocycles. The molecular formula is C48H61N9O12S3. The average molecular weight is 1050 g/mol. The highest BCUT2D eigenvalue weighted by Gasteiger charge is 2.39. The van der Waals surface area contributed by atoms with Gasteiger partial charge in [0, 0.05) is 49.8 Å². The summed E-state index contributed by atoms with van der Waals surface area (Å²) in [5.74, 6) is -4.60. The highest BCUT2D eigenvalue weighted by molar-refractivity contribution is 7.98. The van der Waals surface area contributed by atoms with Gasteiger partial charge < -0.3 is 51.7 Å². The summed E-state index contributed by atoms with van der Waals surface area (Å²) in [5, 5.41) is 16.8. The van der Waals surface area contributed by atoms with Crippen LogP contribution in [0.1, 0.15) is 49.3 Å². The maximum Gasteiger partial charge on any atom is 0.446 e. The van der Waals surface area contributed by atoms with Gasteiger partial charge in [0.25, 0.3) is 0 Å². The van der Waals surface area contributed by atoms with Crippen molar-refractivity contribution in [3.8, 4) is 5.75 Å². The Morgan fingerprint density at radius 2 is 1.33 bits per heavy atom. The number of hydrogen-bond acceptors (Lipinski definition) is 13. The van der Waals surface area contributed by atoms with E-state index in [1.807, 2.05) is 36.6 Å². The molecule has 6 atom stereocenters. The van der Waals surface area contributed by atoms with E-state index >= 15 is 0 Å². The second kappa shape index (κ2) is 27.3. The van der Waals surface area contributed by atoms with E-state index in [1.54, 1.807) is 36.7 Å². The van der Waals surface area contributed by atoms with Gasteiger partial charge >= 0.3 is 10.4 Å². The molecule has 1 fully saturated rings. The number of carbonyl (C=O) groups excluding carboxylic acids is 8. The lowest BCUT2D eigenvalue weighted by Gasteiger charge is -2.30. The minimum Gasteiger partial charge on any atom is -0.368 e. The van der Waals surface area contributed by atoms with Crippen LogP contribution in [0, 0.1) is 0 Å². The third-order valence-corrected chi connectivity index (χ3v) is 13.4. The van der Waals surface area contributed by atoms with Gasteiger partial charge in [0.05, 0.1) is 6.54 Å². The van der Waals surface area contributed by atoms with Crippen molar-refractivity contribution in [1.29, 1.82) is 0 Å². The highest BCUT2D eigenvalue weighted by Crippen LogP contribution is 2.23. The molecule has 24 heteroatoms. The molecule has 1 saturated heterocycles. The van der Waals surface area contributed by atoms with Gasteiger partial charge in [-0.1, -0.05) is 60.7 Å². The summed E-state index contributed by atoms with van der Waals surface area (Å²) in [5.41, 5.74) is 8.39. The van der Waals surface area contributed by atoms with Crippen molar-refractivity contribution >= 4 is 92.1 Å². The number of fused-ring (bicyclic) bond motifs is 1.